The van der Waals surface area contributed by atoms with Crippen LogP contribution < -0.4 is 33.6 Å². The van der Waals surface area contributed by atoms with E-state index in [2.05, 4.69) is 34.9 Å². The summed E-state index contributed by atoms with van der Waals surface area (Å²) in [7, 11) is 0. The van der Waals surface area contributed by atoms with Crippen LogP contribution in [0, 0.1) is 0 Å². The van der Waals surface area contributed by atoms with Crippen LogP contribution in [0.1, 0.15) is 62.5 Å². The van der Waals surface area contributed by atoms with Gasteiger partial charge in [-0.3, -0.25) is 0 Å². The van der Waals surface area contributed by atoms with E-state index in [4.69, 9.17) is 22.9 Å². The lowest BCUT2D eigenvalue weighted by Gasteiger charge is -2.15. The summed E-state index contributed by atoms with van der Waals surface area (Å²) in [6.07, 6.45) is 10.7. The maximum Gasteiger partial charge on any atom is 0.00797 e. The topological polar surface area (TPSA) is 128 Å². The molecule has 0 spiro atoms. The fourth-order valence-electron chi connectivity index (χ4n) is 3.71. The van der Waals surface area contributed by atoms with Crippen molar-refractivity contribution < 1.29 is 0 Å². The zero-order chi connectivity index (χ0) is 21.9. The highest BCUT2D eigenvalue weighted by atomic mass is 14.8. The Hall–Kier alpha value is -1.02. The van der Waals surface area contributed by atoms with Crippen LogP contribution in [0.15, 0.2) is 24.3 Å². The molecule has 0 saturated carbocycles. The summed E-state index contributed by atoms with van der Waals surface area (Å²) < 4.78 is 0. The minimum Gasteiger partial charge on any atom is -0.330 e. The van der Waals surface area contributed by atoms with E-state index in [9.17, 15) is 0 Å². The van der Waals surface area contributed by atoms with E-state index in [0.717, 1.165) is 103 Å². The zero-order valence-electron chi connectivity index (χ0n) is 19.1. The summed E-state index contributed by atoms with van der Waals surface area (Å²) in [5.74, 6) is 0. The van der Waals surface area contributed by atoms with E-state index in [0.29, 0.717) is 0 Å². The lowest BCUT2D eigenvalue weighted by Crippen LogP contribution is -2.26. The molecule has 30 heavy (non-hydrogen) atoms. The number of hydrogen-bond donors (Lipinski definition) is 6. The first-order chi connectivity index (χ1) is 14.7. The SMILES string of the molecule is NCCCCNCCCC(N)Cc1cccc(CC(N)CCCNCCCCN)c1. The van der Waals surface area contributed by atoms with Gasteiger partial charge in [0.2, 0.25) is 0 Å². The van der Waals surface area contributed by atoms with Crippen molar-refractivity contribution >= 4 is 0 Å². The Kier molecular flexibility index (Phi) is 16.9. The molecule has 1 rings (SSSR count). The molecule has 0 aliphatic rings. The van der Waals surface area contributed by atoms with E-state index in [1.165, 1.54) is 11.1 Å². The Morgan fingerprint density at radius 3 is 1.50 bits per heavy atom. The largest absolute Gasteiger partial charge is 0.330 e. The quantitative estimate of drug-likeness (QED) is 0.178. The first kappa shape index (κ1) is 27.0. The number of unbranched alkanes of at least 4 members (excludes halogenated alkanes) is 2. The molecule has 0 fully saturated rings. The fourth-order valence-corrected chi connectivity index (χ4v) is 3.71. The Balaban J connectivity index is 2.18. The van der Waals surface area contributed by atoms with Crippen molar-refractivity contribution in [2.24, 2.45) is 22.9 Å². The average molecular weight is 421 g/mol. The van der Waals surface area contributed by atoms with Gasteiger partial charge in [-0.1, -0.05) is 24.3 Å². The van der Waals surface area contributed by atoms with E-state index < -0.39 is 0 Å². The van der Waals surface area contributed by atoms with Crippen LogP contribution in [0.4, 0.5) is 0 Å². The second-order valence-electron chi connectivity index (χ2n) is 8.52. The molecule has 0 saturated heterocycles. The number of hydrogen-bond acceptors (Lipinski definition) is 6. The number of nitrogens with one attached hydrogen (secondary N) is 2. The molecule has 0 heterocycles. The Morgan fingerprint density at radius 2 is 1.07 bits per heavy atom. The van der Waals surface area contributed by atoms with Crippen molar-refractivity contribution in [1.82, 2.24) is 10.6 Å². The second kappa shape index (κ2) is 18.7. The van der Waals surface area contributed by atoms with Crippen molar-refractivity contribution in [3.63, 3.8) is 0 Å². The Morgan fingerprint density at radius 1 is 0.633 bits per heavy atom. The highest BCUT2D eigenvalue weighted by Crippen LogP contribution is 2.12. The third kappa shape index (κ3) is 14.9. The number of benzene rings is 1. The predicted molar refractivity (Wildman–Crippen MR) is 131 cm³/mol. The summed E-state index contributed by atoms with van der Waals surface area (Å²) in [4.78, 5) is 0. The molecule has 2 unspecified atom stereocenters. The summed E-state index contributed by atoms with van der Waals surface area (Å²) in [6, 6.07) is 9.23. The first-order valence-corrected chi connectivity index (χ1v) is 12.1. The first-order valence-electron chi connectivity index (χ1n) is 12.1. The predicted octanol–water partition coefficient (Wildman–Crippen LogP) is 1.64. The highest BCUT2D eigenvalue weighted by molar-refractivity contribution is 5.25. The van der Waals surface area contributed by atoms with Crippen LogP contribution in [0.2, 0.25) is 0 Å². The summed E-state index contributed by atoms with van der Waals surface area (Å²) in [6.45, 7) is 5.75. The number of rotatable bonds is 20. The van der Waals surface area contributed by atoms with Gasteiger partial charge in [-0.25, -0.2) is 0 Å². The molecule has 6 heteroatoms. The van der Waals surface area contributed by atoms with Crippen molar-refractivity contribution in [1.29, 1.82) is 0 Å². The van der Waals surface area contributed by atoms with Gasteiger partial charge in [-0.05, 0) is 115 Å². The molecule has 0 radical (unpaired) electrons. The molecule has 10 N–H and O–H groups in total. The molecule has 2 atom stereocenters. The molecule has 1 aromatic rings. The van der Waals surface area contributed by atoms with Crippen LogP contribution in [0.5, 0.6) is 0 Å². The summed E-state index contributed by atoms with van der Waals surface area (Å²) >= 11 is 0. The molecule has 0 aromatic heterocycles. The second-order valence-corrected chi connectivity index (χ2v) is 8.52. The molecule has 174 valence electrons. The summed E-state index contributed by atoms with van der Waals surface area (Å²) in [5.41, 5.74) is 26.4. The van der Waals surface area contributed by atoms with Gasteiger partial charge in [-0.2, -0.15) is 0 Å². The Bertz CT molecular complexity index is 469. The molecule has 0 aliphatic heterocycles. The van der Waals surface area contributed by atoms with Crippen molar-refractivity contribution in [3.05, 3.63) is 35.4 Å². The molecular weight excluding hydrogens is 372 g/mol. The smallest absolute Gasteiger partial charge is 0.00797 e. The zero-order valence-corrected chi connectivity index (χ0v) is 19.1. The fraction of sp³-hybridized carbons (Fsp3) is 0.750. The van der Waals surface area contributed by atoms with Gasteiger partial charge >= 0.3 is 0 Å². The van der Waals surface area contributed by atoms with E-state index in [-0.39, 0.29) is 12.1 Å². The van der Waals surface area contributed by atoms with Gasteiger partial charge in [0, 0.05) is 12.1 Å². The number of nitrogens with two attached hydrogens (primary N) is 4. The molecule has 1 aromatic carbocycles. The van der Waals surface area contributed by atoms with E-state index >= 15 is 0 Å². The minimum absolute atomic E-state index is 0.213. The van der Waals surface area contributed by atoms with Crippen LogP contribution in [-0.4, -0.2) is 51.4 Å². The van der Waals surface area contributed by atoms with Gasteiger partial charge in [0.05, 0.1) is 0 Å². The maximum atomic E-state index is 6.36. The van der Waals surface area contributed by atoms with E-state index in [1.54, 1.807) is 0 Å². The van der Waals surface area contributed by atoms with Gasteiger partial charge in [0.1, 0.15) is 0 Å². The van der Waals surface area contributed by atoms with Crippen LogP contribution >= 0.6 is 0 Å². The molecule has 0 amide bonds. The van der Waals surface area contributed by atoms with Gasteiger partial charge in [-0.15, -0.1) is 0 Å². The Labute approximate surface area is 184 Å². The summed E-state index contributed by atoms with van der Waals surface area (Å²) in [5, 5.41) is 6.94. The van der Waals surface area contributed by atoms with Crippen molar-refractivity contribution in [3.8, 4) is 0 Å². The van der Waals surface area contributed by atoms with Crippen LogP contribution in [-0.2, 0) is 12.8 Å². The maximum absolute atomic E-state index is 6.36. The lowest BCUT2D eigenvalue weighted by molar-refractivity contribution is 0.536. The standard InChI is InChI=1S/C24H48N6/c25-12-1-3-14-29-16-6-10-23(27)19-21-8-5-9-22(18-21)20-24(28)11-7-17-30-15-4-2-13-26/h5,8-9,18,23-24,29-30H,1-4,6-7,10-17,19-20,25-28H2. The van der Waals surface area contributed by atoms with Crippen LogP contribution in [0.3, 0.4) is 0 Å². The highest BCUT2D eigenvalue weighted by Gasteiger charge is 2.08. The van der Waals surface area contributed by atoms with Crippen molar-refractivity contribution in [2.45, 2.75) is 76.3 Å². The lowest BCUT2D eigenvalue weighted by atomic mass is 9.97. The van der Waals surface area contributed by atoms with Gasteiger partial charge in [0.25, 0.3) is 0 Å². The molecular formula is C24H48N6. The van der Waals surface area contributed by atoms with Gasteiger partial charge < -0.3 is 33.6 Å². The molecule has 0 aliphatic carbocycles. The average Bonchev–Trinajstić information content (AvgIpc) is 2.72. The van der Waals surface area contributed by atoms with E-state index in [1.807, 2.05) is 0 Å². The normalized spacial score (nSPS) is 13.5. The molecule has 6 nitrogen and oxygen atoms in total. The monoisotopic (exact) mass is 420 g/mol. The minimum atomic E-state index is 0.213. The third-order valence-corrected chi connectivity index (χ3v) is 5.46. The molecule has 0 bridgehead atoms. The third-order valence-electron chi connectivity index (χ3n) is 5.46. The van der Waals surface area contributed by atoms with Crippen LogP contribution in [0.25, 0.3) is 0 Å². The van der Waals surface area contributed by atoms with Gasteiger partial charge in [0.15, 0.2) is 0 Å². The van der Waals surface area contributed by atoms with Crippen molar-refractivity contribution in [2.75, 3.05) is 39.3 Å².